The zero-order chi connectivity index (χ0) is 32.1. The van der Waals surface area contributed by atoms with E-state index in [-0.39, 0.29) is 5.91 Å². The van der Waals surface area contributed by atoms with Gasteiger partial charge >= 0.3 is 0 Å². The zero-order valence-electron chi connectivity index (χ0n) is 26.3. The number of aromatic nitrogens is 4. The number of unbranched alkanes of at least 4 members (excludes halogenated alkanes) is 2. The zero-order valence-corrected chi connectivity index (χ0v) is 26.3. The molecule has 2 aliphatic heterocycles. The van der Waals surface area contributed by atoms with Crippen LogP contribution < -0.4 is 21.3 Å². The second-order valence-electron chi connectivity index (χ2n) is 11.8. The van der Waals surface area contributed by atoms with Gasteiger partial charge in [0.2, 0.25) is 5.91 Å². The maximum Gasteiger partial charge on any atom is 0.252 e. The first-order valence-electron chi connectivity index (χ1n) is 16.4. The van der Waals surface area contributed by atoms with Crippen molar-refractivity contribution in [2.24, 2.45) is 0 Å². The fraction of sp³-hybridized carbons (Fsp3) is 0.594. The van der Waals surface area contributed by atoms with Gasteiger partial charge in [0, 0.05) is 65.3 Å². The summed E-state index contributed by atoms with van der Waals surface area (Å²) < 4.78 is 7.43. The van der Waals surface area contributed by atoms with Crippen LogP contribution in [0.3, 0.4) is 0 Å². The number of carbonyl (C=O) groups is 2. The molecule has 5 rings (SSSR count). The lowest BCUT2D eigenvalue weighted by molar-refractivity contribution is -0.137. The molecule has 2 aliphatic rings. The van der Waals surface area contributed by atoms with Crippen LogP contribution >= 0.6 is 0 Å². The number of nitrogens with one attached hydrogen (secondary N) is 4. The summed E-state index contributed by atoms with van der Waals surface area (Å²) in [6.45, 7) is 6.85. The second-order valence-corrected chi connectivity index (χ2v) is 11.8. The molecule has 2 aromatic heterocycles. The van der Waals surface area contributed by atoms with Crippen molar-refractivity contribution in [2.45, 2.75) is 63.1 Å². The minimum atomic E-state index is -1.42. The number of hydrogen-bond donors (Lipinski definition) is 6. The lowest BCUT2D eigenvalue weighted by Gasteiger charge is -2.24. The minimum absolute atomic E-state index is 0.144. The van der Waals surface area contributed by atoms with Gasteiger partial charge in [0.05, 0.1) is 12.0 Å². The van der Waals surface area contributed by atoms with E-state index in [1.54, 1.807) is 4.57 Å². The minimum Gasteiger partial charge on any atom is -0.387 e. The predicted octanol–water partition coefficient (Wildman–Crippen LogP) is -0.482. The van der Waals surface area contributed by atoms with E-state index in [1.165, 1.54) is 18.2 Å². The van der Waals surface area contributed by atoms with Crippen LogP contribution in [0.1, 0.15) is 43.2 Å². The topological polar surface area (TPSA) is 179 Å². The van der Waals surface area contributed by atoms with Gasteiger partial charge in [-0.05, 0) is 31.2 Å². The average molecular weight is 638 g/mol. The largest absolute Gasteiger partial charge is 0.387 e. The molecule has 0 aliphatic carbocycles. The van der Waals surface area contributed by atoms with Crippen LogP contribution in [-0.2, 0) is 27.2 Å². The van der Waals surface area contributed by atoms with Gasteiger partial charge < -0.3 is 41.1 Å². The Balaban J connectivity index is 1.06. The van der Waals surface area contributed by atoms with Gasteiger partial charge in [0.1, 0.15) is 24.1 Å². The Hall–Kier alpha value is -3.53. The molecule has 2 amide bonds. The molecule has 1 aromatic carbocycles. The van der Waals surface area contributed by atoms with E-state index in [4.69, 9.17) is 4.74 Å². The molecule has 6 N–H and O–H groups in total. The molecule has 2 saturated heterocycles. The summed E-state index contributed by atoms with van der Waals surface area (Å²) in [4.78, 5) is 40.9. The highest BCUT2D eigenvalue weighted by molar-refractivity contribution is 5.82. The number of ether oxygens (including phenoxy) is 1. The molecular formula is C32H47N9O5. The monoisotopic (exact) mass is 637 g/mol. The first-order valence-corrected chi connectivity index (χ1v) is 16.4. The Morgan fingerprint density at radius 2 is 1.59 bits per heavy atom. The number of amides is 2. The molecule has 14 heteroatoms. The SMILES string of the molecule is O=C(NCCCCCC(=O)N1CCNCCNCCNCC1)[C@H]1O[C@@H](n2cnc3c(CCc4ccccc4)ncnc32)[C@H](O)[C@@H]1O. The summed E-state index contributed by atoms with van der Waals surface area (Å²) in [7, 11) is 0. The molecule has 0 bridgehead atoms. The van der Waals surface area contributed by atoms with Crippen LogP contribution in [0.5, 0.6) is 0 Å². The van der Waals surface area contributed by atoms with Crippen molar-refractivity contribution < 1.29 is 24.5 Å². The van der Waals surface area contributed by atoms with E-state index >= 15 is 0 Å². The molecule has 0 radical (unpaired) electrons. The van der Waals surface area contributed by atoms with Crippen LogP contribution in [0.2, 0.25) is 0 Å². The highest BCUT2D eigenvalue weighted by atomic mass is 16.6. The molecule has 4 heterocycles. The Bertz CT molecular complexity index is 1380. The van der Waals surface area contributed by atoms with E-state index in [1.807, 2.05) is 23.1 Å². The third kappa shape index (κ3) is 9.05. The molecule has 14 nitrogen and oxygen atoms in total. The summed E-state index contributed by atoms with van der Waals surface area (Å²) in [5.41, 5.74) is 3.00. The second kappa shape index (κ2) is 17.4. The number of imidazole rings is 1. The van der Waals surface area contributed by atoms with Gasteiger partial charge in [-0.1, -0.05) is 36.8 Å². The summed E-state index contributed by atoms with van der Waals surface area (Å²) in [6, 6.07) is 10.1. The van der Waals surface area contributed by atoms with E-state index in [0.717, 1.165) is 64.2 Å². The summed E-state index contributed by atoms with van der Waals surface area (Å²) in [6.07, 6.45) is 1.97. The lowest BCUT2D eigenvalue weighted by Crippen LogP contribution is -2.44. The predicted molar refractivity (Wildman–Crippen MR) is 172 cm³/mol. The average Bonchev–Trinajstić information content (AvgIpc) is 3.62. The molecule has 0 spiro atoms. The van der Waals surface area contributed by atoms with Crippen LogP contribution in [0.25, 0.3) is 11.2 Å². The van der Waals surface area contributed by atoms with E-state index in [0.29, 0.717) is 50.1 Å². The number of rotatable bonds is 11. The molecule has 2 fully saturated rings. The first kappa shape index (κ1) is 33.8. The Kier molecular flexibility index (Phi) is 12.8. The molecule has 4 atom stereocenters. The lowest BCUT2D eigenvalue weighted by atomic mass is 10.1. The number of aliphatic hydroxyl groups is 2. The van der Waals surface area contributed by atoms with Gasteiger partial charge in [-0.3, -0.25) is 14.2 Å². The Morgan fingerprint density at radius 3 is 2.33 bits per heavy atom. The molecule has 46 heavy (non-hydrogen) atoms. The summed E-state index contributed by atoms with van der Waals surface area (Å²) in [5, 5.41) is 34.4. The van der Waals surface area contributed by atoms with Crippen molar-refractivity contribution in [1.82, 2.24) is 45.7 Å². The van der Waals surface area contributed by atoms with Crippen molar-refractivity contribution in [2.75, 3.05) is 58.9 Å². The number of aryl methyl sites for hydroxylation is 2. The fourth-order valence-electron chi connectivity index (χ4n) is 5.85. The highest BCUT2D eigenvalue weighted by Gasteiger charge is 2.47. The van der Waals surface area contributed by atoms with E-state index in [9.17, 15) is 19.8 Å². The van der Waals surface area contributed by atoms with Gasteiger partial charge in [-0.2, -0.15) is 0 Å². The van der Waals surface area contributed by atoms with Gasteiger partial charge in [0.25, 0.3) is 5.91 Å². The Morgan fingerprint density at radius 1 is 0.870 bits per heavy atom. The van der Waals surface area contributed by atoms with Gasteiger partial charge in [0.15, 0.2) is 18.0 Å². The van der Waals surface area contributed by atoms with Crippen molar-refractivity contribution >= 4 is 23.0 Å². The number of hydrogen-bond acceptors (Lipinski definition) is 11. The Labute approximate surface area is 269 Å². The maximum absolute atomic E-state index is 12.9. The standard InChI is InChI=1S/C32H47N9O5/c42-25(40-19-17-34-15-13-33-14-16-35-18-20-40)9-5-2-6-12-36-31(45)29-27(43)28(44)32(46-29)41-22-39-26-24(37-21-38-30(26)41)11-10-23-7-3-1-4-8-23/h1,3-4,7-8,21-22,27-29,32-35,43-44H,2,5-6,9-20H2,(H,36,45)/t27-,28+,29-,32+/m0/s1. The fourth-order valence-corrected chi connectivity index (χ4v) is 5.85. The van der Waals surface area contributed by atoms with Crippen LogP contribution in [0.4, 0.5) is 0 Å². The number of fused-ring (bicyclic) bond motifs is 1. The van der Waals surface area contributed by atoms with Crippen molar-refractivity contribution in [1.29, 1.82) is 0 Å². The van der Waals surface area contributed by atoms with Crippen molar-refractivity contribution in [3.8, 4) is 0 Å². The van der Waals surface area contributed by atoms with Crippen LogP contribution in [0.15, 0.2) is 43.0 Å². The van der Waals surface area contributed by atoms with Gasteiger partial charge in [-0.25, -0.2) is 15.0 Å². The van der Waals surface area contributed by atoms with E-state index < -0.39 is 30.4 Å². The normalized spacial score (nSPS) is 23.1. The summed E-state index contributed by atoms with van der Waals surface area (Å²) >= 11 is 0. The number of carbonyl (C=O) groups excluding carboxylic acids is 2. The smallest absolute Gasteiger partial charge is 0.252 e. The number of nitrogens with zero attached hydrogens (tertiary/aromatic N) is 5. The highest BCUT2D eigenvalue weighted by Crippen LogP contribution is 2.32. The first-order chi connectivity index (χ1) is 22.5. The van der Waals surface area contributed by atoms with Crippen molar-refractivity contribution in [3.05, 3.63) is 54.2 Å². The quantitative estimate of drug-likeness (QED) is 0.150. The molecular weight excluding hydrogens is 590 g/mol. The van der Waals surface area contributed by atoms with Gasteiger partial charge in [-0.15, -0.1) is 0 Å². The molecule has 250 valence electrons. The number of benzene rings is 1. The third-order valence-electron chi connectivity index (χ3n) is 8.49. The van der Waals surface area contributed by atoms with Crippen LogP contribution in [-0.4, -0.2) is 124 Å². The van der Waals surface area contributed by atoms with E-state index in [2.05, 4.69) is 48.4 Å². The third-order valence-corrected chi connectivity index (χ3v) is 8.49. The maximum atomic E-state index is 12.9. The molecule has 0 unspecified atom stereocenters. The van der Waals surface area contributed by atoms with Crippen LogP contribution in [0, 0.1) is 0 Å². The molecule has 3 aromatic rings. The molecule has 0 saturated carbocycles. The van der Waals surface area contributed by atoms with Crippen molar-refractivity contribution in [3.63, 3.8) is 0 Å². The summed E-state index contributed by atoms with van der Waals surface area (Å²) in [5.74, 6) is -0.354. The number of aliphatic hydroxyl groups excluding tert-OH is 2.